The first-order chi connectivity index (χ1) is 11.2. The lowest BCUT2D eigenvalue weighted by Crippen LogP contribution is -2.40. The fraction of sp³-hybridized carbons (Fsp3) is 0.700. The Balaban J connectivity index is 2.00. The zero-order valence-electron chi connectivity index (χ0n) is 16.0. The lowest BCUT2D eigenvalue weighted by Gasteiger charge is -2.39. The standard InChI is InChI=1S/C20H32N2O2/c1-7-20(5,6)15-8-10-16(11-9-15)22-19(24)18-12(2)17(14(4)23)13(3)21-18/h15-16,21H,7-11H2,1-6H3,(H,22,24). The lowest BCUT2D eigenvalue weighted by atomic mass is 9.69. The van der Waals surface area contributed by atoms with E-state index < -0.39 is 0 Å². The van der Waals surface area contributed by atoms with Crippen LogP contribution in [-0.4, -0.2) is 22.7 Å². The fourth-order valence-electron chi connectivity index (χ4n) is 4.07. The van der Waals surface area contributed by atoms with E-state index in [-0.39, 0.29) is 17.7 Å². The van der Waals surface area contributed by atoms with Crippen molar-refractivity contribution < 1.29 is 9.59 Å². The molecule has 134 valence electrons. The predicted octanol–water partition coefficient (Wildman–Crippen LogP) is 4.56. The number of rotatable bonds is 5. The van der Waals surface area contributed by atoms with Gasteiger partial charge in [0.2, 0.25) is 0 Å². The van der Waals surface area contributed by atoms with Crippen LogP contribution in [0.1, 0.15) is 91.9 Å². The maximum Gasteiger partial charge on any atom is 0.268 e. The highest BCUT2D eigenvalue weighted by Gasteiger charge is 2.32. The van der Waals surface area contributed by atoms with Gasteiger partial charge in [0.25, 0.3) is 5.91 Å². The minimum Gasteiger partial charge on any atom is -0.354 e. The van der Waals surface area contributed by atoms with Gasteiger partial charge in [-0.05, 0) is 63.4 Å². The molecule has 0 aliphatic heterocycles. The molecule has 24 heavy (non-hydrogen) atoms. The lowest BCUT2D eigenvalue weighted by molar-refractivity contribution is 0.0888. The van der Waals surface area contributed by atoms with Gasteiger partial charge in [-0.2, -0.15) is 0 Å². The zero-order chi connectivity index (χ0) is 18.1. The Labute approximate surface area is 145 Å². The smallest absolute Gasteiger partial charge is 0.268 e. The van der Waals surface area contributed by atoms with Gasteiger partial charge in [0, 0.05) is 17.3 Å². The summed E-state index contributed by atoms with van der Waals surface area (Å²) in [6, 6.07) is 0.241. The third kappa shape index (κ3) is 3.73. The van der Waals surface area contributed by atoms with E-state index in [2.05, 4.69) is 31.1 Å². The van der Waals surface area contributed by atoms with E-state index in [0.29, 0.717) is 16.7 Å². The Morgan fingerprint density at radius 2 is 1.75 bits per heavy atom. The average molecular weight is 332 g/mol. The van der Waals surface area contributed by atoms with Gasteiger partial charge in [-0.3, -0.25) is 9.59 Å². The number of aromatic nitrogens is 1. The van der Waals surface area contributed by atoms with Crippen molar-refractivity contribution in [3.05, 3.63) is 22.5 Å². The van der Waals surface area contributed by atoms with Crippen molar-refractivity contribution in [3.63, 3.8) is 0 Å². The van der Waals surface area contributed by atoms with Crippen LogP contribution in [-0.2, 0) is 0 Å². The summed E-state index contributed by atoms with van der Waals surface area (Å²) in [5.41, 5.74) is 3.11. The SMILES string of the molecule is CCC(C)(C)C1CCC(NC(=O)c2[nH]c(C)c(C(C)=O)c2C)CC1. The first kappa shape index (κ1) is 18.8. The summed E-state index contributed by atoms with van der Waals surface area (Å²) in [6.45, 7) is 12.2. The number of aryl methyl sites for hydroxylation is 1. The average Bonchev–Trinajstić information content (AvgIpc) is 2.82. The molecule has 0 saturated heterocycles. The zero-order valence-corrected chi connectivity index (χ0v) is 16.0. The molecule has 0 radical (unpaired) electrons. The van der Waals surface area contributed by atoms with Gasteiger partial charge in [-0.15, -0.1) is 0 Å². The molecular weight excluding hydrogens is 300 g/mol. The number of hydrogen-bond acceptors (Lipinski definition) is 2. The first-order valence-electron chi connectivity index (χ1n) is 9.18. The van der Waals surface area contributed by atoms with Crippen LogP contribution in [0, 0.1) is 25.2 Å². The molecule has 4 nitrogen and oxygen atoms in total. The molecule has 0 aromatic carbocycles. The van der Waals surface area contributed by atoms with Gasteiger partial charge in [0.05, 0.1) is 0 Å². The number of carbonyl (C=O) groups is 2. The van der Waals surface area contributed by atoms with Crippen LogP contribution >= 0.6 is 0 Å². The summed E-state index contributed by atoms with van der Waals surface area (Å²) in [4.78, 5) is 27.4. The first-order valence-corrected chi connectivity index (χ1v) is 9.18. The van der Waals surface area contributed by atoms with Crippen LogP contribution in [0.5, 0.6) is 0 Å². The number of nitrogens with one attached hydrogen (secondary N) is 2. The van der Waals surface area contributed by atoms with E-state index in [1.807, 2.05) is 13.8 Å². The van der Waals surface area contributed by atoms with Crippen molar-refractivity contribution in [2.24, 2.45) is 11.3 Å². The van der Waals surface area contributed by atoms with E-state index in [0.717, 1.165) is 30.0 Å². The number of ketones is 1. The quantitative estimate of drug-likeness (QED) is 0.777. The Kier molecular flexibility index (Phi) is 5.56. The van der Waals surface area contributed by atoms with Gasteiger partial charge in [-0.1, -0.05) is 27.2 Å². The summed E-state index contributed by atoms with van der Waals surface area (Å²) in [5.74, 6) is 0.665. The maximum absolute atomic E-state index is 12.6. The third-order valence-electron chi connectivity index (χ3n) is 6.10. The Bertz CT molecular complexity index is 620. The Morgan fingerprint density at radius 1 is 1.17 bits per heavy atom. The van der Waals surface area contributed by atoms with Gasteiger partial charge < -0.3 is 10.3 Å². The van der Waals surface area contributed by atoms with E-state index in [9.17, 15) is 9.59 Å². The van der Waals surface area contributed by atoms with Gasteiger partial charge >= 0.3 is 0 Å². The maximum atomic E-state index is 12.6. The molecule has 1 aliphatic carbocycles. The highest BCUT2D eigenvalue weighted by atomic mass is 16.2. The summed E-state index contributed by atoms with van der Waals surface area (Å²) < 4.78 is 0. The third-order valence-corrected chi connectivity index (χ3v) is 6.10. The molecule has 1 aromatic rings. The molecule has 0 bridgehead atoms. The van der Waals surface area contributed by atoms with E-state index in [1.165, 1.54) is 19.3 Å². The number of hydrogen-bond donors (Lipinski definition) is 2. The monoisotopic (exact) mass is 332 g/mol. The number of carbonyl (C=O) groups excluding carboxylic acids is 2. The molecule has 4 heteroatoms. The highest BCUT2D eigenvalue weighted by Crippen LogP contribution is 2.40. The molecule has 2 rings (SSSR count). The van der Waals surface area contributed by atoms with Crippen LogP contribution in [0.15, 0.2) is 0 Å². The molecule has 1 saturated carbocycles. The Morgan fingerprint density at radius 3 is 2.21 bits per heavy atom. The minimum absolute atomic E-state index is 0.00241. The molecular formula is C20H32N2O2. The fourth-order valence-corrected chi connectivity index (χ4v) is 4.07. The number of H-pyrrole nitrogens is 1. The molecule has 1 heterocycles. The van der Waals surface area contributed by atoms with Crippen LogP contribution in [0.2, 0.25) is 0 Å². The molecule has 1 aromatic heterocycles. The summed E-state index contributed by atoms with van der Waals surface area (Å²) >= 11 is 0. The van der Waals surface area contributed by atoms with E-state index >= 15 is 0 Å². The Hall–Kier alpha value is -1.58. The van der Waals surface area contributed by atoms with E-state index in [1.54, 1.807) is 6.92 Å². The van der Waals surface area contributed by atoms with Crippen LogP contribution in [0.25, 0.3) is 0 Å². The number of amides is 1. The molecule has 1 amide bonds. The summed E-state index contributed by atoms with van der Waals surface area (Å²) in [5, 5.41) is 3.16. The summed E-state index contributed by atoms with van der Waals surface area (Å²) in [7, 11) is 0. The predicted molar refractivity (Wildman–Crippen MR) is 97.6 cm³/mol. The van der Waals surface area contributed by atoms with Crippen molar-refractivity contribution in [2.45, 2.75) is 79.7 Å². The van der Waals surface area contributed by atoms with E-state index in [4.69, 9.17) is 0 Å². The van der Waals surface area contributed by atoms with Crippen molar-refractivity contribution in [1.29, 1.82) is 0 Å². The van der Waals surface area contributed by atoms with Crippen molar-refractivity contribution in [2.75, 3.05) is 0 Å². The highest BCUT2D eigenvalue weighted by molar-refractivity contribution is 6.02. The molecule has 0 atom stereocenters. The second kappa shape index (κ2) is 7.12. The van der Waals surface area contributed by atoms with Crippen LogP contribution < -0.4 is 5.32 Å². The molecule has 1 aliphatic rings. The number of aromatic amines is 1. The van der Waals surface area contributed by atoms with Crippen molar-refractivity contribution in [1.82, 2.24) is 10.3 Å². The van der Waals surface area contributed by atoms with Gasteiger partial charge in [0.1, 0.15) is 5.69 Å². The largest absolute Gasteiger partial charge is 0.354 e. The minimum atomic E-state index is -0.0821. The van der Waals surface area contributed by atoms with Crippen LogP contribution in [0.3, 0.4) is 0 Å². The molecule has 0 spiro atoms. The number of Topliss-reactive ketones (excluding diaryl/α,β-unsaturated/α-hetero) is 1. The van der Waals surface area contributed by atoms with Crippen LogP contribution in [0.4, 0.5) is 0 Å². The molecule has 0 unspecified atom stereocenters. The second-order valence-corrected chi connectivity index (χ2v) is 8.05. The van der Waals surface area contributed by atoms with Crippen molar-refractivity contribution >= 4 is 11.7 Å². The van der Waals surface area contributed by atoms with Crippen molar-refractivity contribution in [3.8, 4) is 0 Å². The summed E-state index contributed by atoms with van der Waals surface area (Å²) in [6.07, 6.45) is 5.63. The van der Waals surface area contributed by atoms with Gasteiger partial charge in [-0.25, -0.2) is 0 Å². The second-order valence-electron chi connectivity index (χ2n) is 8.05. The normalized spacial score (nSPS) is 21.6. The topological polar surface area (TPSA) is 62.0 Å². The molecule has 1 fully saturated rings. The molecule has 2 N–H and O–H groups in total. The van der Waals surface area contributed by atoms with Gasteiger partial charge in [0.15, 0.2) is 5.78 Å².